The van der Waals surface area contributed by atoms with E-state index in [1.165, 1.54) is 0 Å². The molecular weight excluding hydrogens is 274 g/mol. The fourth-order valence-corrected chi connectivity index (χ4v) is 1.90. The van der Waals surface area contributed by atoms with E-state index < -0.39 is 0 Å². The van der Waals surface area contributed by atoms with Crippen molar-refractivity contribution in [3.8, 4) is 0 Å². The van der Waals surface area contributed by atoms with Gasteiger partial charge < -0.3 is 10.2 Å². The Kier molecular flexibility index (Phi) is 4.25. The van der Waals surface area contributed by atoms with Crippen molar-refractivity contribution in [1.29, 1.82) is 0 Å². The molecule has 4 nitrogen and oxygen atoms in total. The third kappa shape index (κ3) is 3.27. The molecule has 0 atom stereocenters. The summed E-state index contributed by atoms with van der Waals surface area (Å²) in [6.45, 7) is 1.89. The van der Waals surface area contributed by atoms with Crippen molar-refractivity contribution >= 4 is 28.9 Å². The number of aromatic nitrogens is 1. The Labute approximate surface area is 123 Å². The highest BCUT2D eigenvalue weighted by molar-refractivity contribution is 6.32. The van der Waals surface area contributed by atoms with Crippen LogP contribution in [0.1, 0.15) is 15.9 Å². The molecule has 5 heteroatoms. The second-order valence-electron chi connectivity index (χ2n) is 4.75. The van der Waals surface area contributed by atoms with Gasteiger partial charge in [-0.15, -0.1) is 0 Å². The van der Waals surface area contributed by atoms with Crippen LogP contribution in [0.2, 0.25) is 5.15 Å². The lowest BCUT2D eigenvalue weighted by Crippen LogP contribution is -2.13. The maximum atomic E-state index is 12.1. The first kappa shape index (κ1) is 14.3. The van der Waals surface area contributed by atoms with E-state index in [0.717, 1.165) is 11.3 Å². The Morgan fingerprint density at radius 2 is 1.90 bits per heavy atom. The molecule has 20 heavy (non-hydrogen) atoms. The molecule has 0 radical (unpaired) electrons. The predicted octanol–water partition coefficient (Wildman–Crippen LogP) is 3.36. The average molecular weight is 290 g/mol. The number of hydrogen-bond acceptors (Lipinski definition) is 3. The van der Waals surface area contributed by atoms with Gasteiger partial charge in [0.25, 0.3) is 5.91 Å². The molecule has 1 heterocycles. The van der Waals surface area contributed by atoms with E-state index >= 15 is 0 Å². The Balaban J connectivity index is 2.17. The molecular formula is C15H16ClN3O. The van der Waals surface area contributed by atoms with E-state index in [4.69, 9.17) is 11.6 Å². The first-order valence-corrected chi connectivity index (χ1v) is 6.56. The summed E-state index contributed by atoms with van der Waals surface area (Å²) in [5.41, 5.74) is 3.07. The second kappa shape index (κ2) is 5.92. The highest BCUT2D eigenvalue weighted by atomic mass is 35.5. The quantitative estimate of drug-likeness (QED) is 0.881. The first-order valence-electron chi connectivity index (χ1n) is 6.18. The van der Waals surface area contributed by atoms with E-state index in [9.17, 15) is 4.79 Å². The maximum absolute atomic E-state index is 12.1. The van der Waals surface area contributed by atoms with Crippen molar-refractivity contribution in [3.63, 3.8) is 0 Å². The number of nitrogens with zero attached hydrogens (tertiary/aromatic N) is 2. The number of carbonyl (C=O) groups excluding carboxylic acids is 1. The lowest BCUT2D eigenvalue weighted by molar-refractivity contribution is 0.102. The smallest absolute Gasteiger partial charge is 0.255 e. The molecule has 0 aliphatic heterocycles. The normalized spacial score (nSPS) is 10.2. The summed E-state index contributed by atoms with van der Waals surface area (Å²) in [5, 5.41) is 3.06. The number of nitrogens with one attached hydrogen (secondary N) is 1. The molecule has 0 unspecified atom stereocenters. The largest absolute Gasteiger partial charge is 0.378 e. The van der Waals surface area contributed by atoms with Crippen LogP contribution in [-0.2, 0) is 0 Å². The van der Waals surface area contributed by atoms with Gasteiger partial charge >= 0.3 is 0 Å². The Hall–Kier alpha value is -2.07. The molecule has 1 N–H and O–H groups in total. The lowest BCUT2D eigenvalue weighted by Gasteiger charge is -2.13. The Morgan fingerprint density at radius 1 is 1.25 bits per heavy atom. The van der Waals surface area contributed by atoms with Gasteiger partial charge in [0.05, 0.1) is 5.69 Å². The van der Waals surface area contributed by atoms with Gasteiger partial charge in [0, 0.05) is 31.5 Å². The zero-order valence-electron chi connectivity index (χ0n) is 11.6. The van der Waals surface area contributed by atoms with Crippen LogP contribution in [0, 0.1) is 6.92 Å². The summed E-state index contributed by atoms with van der Waals surface area (Å²) in [6, 6.07) is 9.14. The number of halogens is 1. The van der Waals surface area contributed by atoms with E-state index in [1.807, 2.05) is 38.1 Å². The average Bonchev–Trinajstić information content (AvgIpc) is 2.43. The number of amides is 1. The fraction of sp³-hybridized carbons (Fsp3) is 0.200. The molecule has 0 spiro atoms. The van der Waals surface area contributed by atoms with Crippen LogP contribution in [-0.4, -0.2) is 25.0 Å². The molecule has 104 valence electrons. The van der Waals surface area contributed by atoms with E-state index in [0.29, 0.717) is 11.3 Å². The summed E-state index contributed by atoms with van der Waals surface area (Å²) in [5.74, 6) is -0.204. The molecule has 1 amide bonds. The minimum atomic E-state index is -0.204. The maximum Gasteiger partial charge on any atom is 0.255 e. The van der Waals surface area contributed by atoms with Crippen molar-refractivity contribution in [2.75, 3.05) is 24.3 Å². The van der Waals surface area contributed by atoms with Crippen LogP contribution in [0.25, 0.3) is 0 Å². The second-order valence-corrected chi connectivity index (χ2v) is 5.10. The number of benzene rings is 1. The van der Waals surface area contributed by atoms with Gasteiger partial charge in [-0.2, -0.15) is 0 Å². The van der Waals surface area contributed by atoms with Gasteiger partial charge in [-0.25, -0.2) is 4.98 Å². The number of aryl methyl sites for hydroxylation is 1. The van der Waals surface area contributed by atoms with Crippen LogP contribution in [0.4, 0.5) is 11.4 Å². The SMILES string of the molecule is Cc1cnc(Cl)c(NC(=O)c2ccc(N(C)C)cc2)c1. The summed E-state index contributed by atoms with van der Waals surface area (Å²) in [4.78, 5) is 18.1. The molecule has 0 saturated heterocycles. The van der Waals surface area contributed by atoms with Crippen molar-refractivity contribution < 1.29 is 4.79 Å². The molecule has 0 bridgehead atoms. The molecule has 1 aromatic carbocycles. The summed E-state index contributed by atoms with van der Waals surface area (Å²) < 4.78 is 0. The van der Waals surface area contributed by atoms with E-state index in [2.05, 4.69) is 10.3 Å². The minimum Gasteiger partial charge on any atom is -0.378 e. The van der Waals surface area contributed by atoms with Crippen molar-refractivity contribution in [3.05, 3.63) is 52.8 Å². The van der Waals surface area contributed by atoms with Gasteiger partial charge in [-0.1, -0.05) is 11.6 Å². The number of carbonyl (C=O) groups is 1. The highest BCUT2D eigenvalue weighted by Crippen LogP contribution is 2.21. The summed E-state index contributed by atoms with van der Waals surface area (Å²) in [6.07, 6.45) is 1.66. The van der Waals surface area contributed by atoms with E-state index in [1.54, 1.807) is 24.4 Å². The molecule has 1 aromatic heterocycles. The first-order chi connectivity index (χ1) is 9.47. The zero-order chi connectivity index (χ0) is 14.7. The standard InChI is InChI=1S/C15H16ClN3O/c1-10-8-13(14(16)17-9-10)18-15(20)11-4-6-12(7-5-11)19(2)3/h4-9H,1-3H3,(H,18,20). The molecule has 0 fully saturated rings. The summed E-state index contributed by atoms with van der Waals surface area (Å²) >= 11 is 5.96. The zero-order valence-corrected chi connectivity index (χ0v) is 12.4. The van der Waals surface area contributed by atoms with Crippen LogP contribution >= 0.6 is 11.6 Å². The van der Waals surface area contributed by atoms with E-state index in [-0.39, 0.29) is 11.1 Å². The van der Waals surface area contributed by atoms with Crippen molar-refractivity contribution in [2.45, 2.75) is 6.92 Å². The van der Waals surface area contributed by atoms with Crippen molar-refractivity contribution in [1.82, 2.24) is 4.98 Å². The number of hydrogen-bond donors (Lipinski definition) is 1. The highest BCUT2D eigenvalue weighted by Gasteiger charge is 2.09. The summed E-state index contributed by atoms with van der Waals surface area (Å²) in [7, 11) is 3.90. The molecule has 2 rings (SSSR count). The van der Waals surface area contributed by atoms with Gasteiger partial charge in [0.15, 0.2) is 5.15 Å². The minimum absolute atomic E-state index is 0.204. The van der Waals surface area contributed by atoms with Crippen LogP contribution < -0.4 is 10.2 Å². The van der Waals surface area contributed by atoms with Crippen LogP contribution in [0.5, 0.6) is 0 Å². The lowest BCUT2D eigenvalue weighted by atomic mass is 10.2. The third-order valence-electron chi connectivity index (χ3n) is 2.87. The van der Waals surface area contributed by atoms with Gasteiger partial charge in [0.1, 0.15) is 0 Å². The van der Waals surface area contributed by atoms with Crippen LogP contribution in [0.3, 0.4) is 0 Å². The van der Waals surface area contributed by atoms with Crippen molar-refractivity contribution in [2.24, 2.45) is 0 Å². The number of anilines is 2. The van der Waals surface area contributed by atoms with Gasteiger partial charge in [0.2, 0.25) is 0 Å². The van der Waals surface area contributed by atoms with Crippen LogP contribution in [0.15, 0.2) is 36.5 Å². The molecule has 2 aromatic rings. The number of rotatable bonds is 3. The molecule has 0 saturated carbocycles. The predicted molar refractivity (Wildman–Crippen MR) is 82.7 cm³/mol. The Bertz CT molecular complexity index is 624. The molecule has 0 aliphatic rings. The fourth-order valence-electron chi connectivity index (χ4n) is 1.75. The Morgan fingerprint density at radius 3 is 2.50 bits per heavy atom. The van der Waals surface area contributed by atoms with Gasteiger partial charge in [-0.3, -0.25) is 4.79 Å². The number of pyridine rings is 1. The molecule has 0 aliphatic carbocycles. The topological polar surface area (TPSA) is 45.2 Å². The van der Waals surface area contributed by atoms with Gasteiger partial charge in [-0.05, 0) is 42.8 Å². The third-order valence-corrected chi connectivity index (χ3v) is 3.17. The monoisotopic (exact) mass is 289 g/mol.